The zero-order valence-electron chi connectivity index (χ0n) is 15.4. The number of fused-ring (bicyclic) bond motifs is 1. The molecule has 2 aromatic heterocycles. The number of allylic oxidation sites excluding steroid dienone is 2. The topological polar surface area (TPSA) is 103 Å². The van der Waals surface area contributed by atoms with Gasteiger partial charge in [0.15, 0.2) is 5.65 Å². The van der Waals surface area contributed by atoms with Crippen molar-refractivity contribution in [2.45, 2.75) is 52.0 Å². The van der Waals surface area contributed by atoms with Gasteiger partial charge in [0.25, 0.3) is 5.91 Å². The van der Waals surface area contributed by atoms with E-state index in [-0.39, 0.29) is 11.9 Å². The monoisotopic (exact) mass is 356 g/mol. The van der Waals surface area contributed by atoms with Crippen molar-refractivity contribution in [3.8, 4) is 0 Å². The van der Waals surface area contributed by atoms with Crippen LogP contribution in [0, 0.1) is 4.91 Å². The van der Waals surface area contributed by atoms with Crippen LogP contribution in [0.1, 0.15) is 55.6 Å². The molecular formula is C18H24N6O2. The van der Waals surface area contributed by atoms with E-state index in [2.05, 4.69) is 25.6 Å². The minimum Gasteiger partial charge on any atom is -0.350 e. The standard InChI is InChI=1S/C18H24N6O2/c1-11(2)21-18(25)14-10-20-17-16(14)22-13(9-19-17)8-12-6-4-5-7-15(12)24(3)23-26/h9-11H,4-8H2,1-3H3,(H,19,20)(H,21,25). The number of H-pyrrole nitrogens is 1. The van der Waals surface area contributed by atoms with Crippen LogP contribution >= 0.6 is 0 Å². The third-order valence-corrected chi connectivity index (χ3v) is 4.55. The first-order valence-electron chi connectivity index (χ1n) is 8.91. The molecule has 1 aliphatic carbocycles. The Hall–Kier alpha value is -2.77. The van der Waals surface area contributed by atoms with Crippen molar-refractivity contribution in [2.75, 3.05) is 7.05 Å². The molecule has 0 aliphatic heterocycles. The van der Waals surface area contributed by atoms with Crippen molar-refractivity contribution in [1.82, 2.24) is 25.3 Å². The lowest BCUT2D eigenvalue weighted by Gasteiger charge is -2.23. The maximum atomic E-state index is 12.3. The molecule has 0 saturated heterocycles. The summed E-state index contributed by atoms with van der Waals surface area (Å²) in [5, 5.41) is 7.33. The molecule has 1 aliphatic rings. The molecule has 138 valence electrons. The van der Waals surface area contributed by atoms with E-state index < -0.39 is 0 Å². The summed E-state index contributed by atoms with van der Waals surface area (Å²) in [5.41, 5.74) is 4.57. The first kappa shape index (κ1) is 18.0. The number of amides is 1. The van der Waals surface area contributed by atoms with Gasteiger partial charge >= 0.3 is 0 Å². The smallest absolute Gasteiger partial charge is 0.255 e. The number of aromatic amines is 1. The highest BCUT2D eigenvalue weighted by Gasteiger charge is 2.19. The van der Waals surface area contributed by atoms with E-state index >= 15 is 0 Å². The zero-order chi connectivity index (χ0) is 18.7. The van der Waals surface area contributed by atoms with Crippen LogP contribution in [-0.4, -0.2) is 39.0 Å². The van der Waals surface area contributed by atoms with Gasteiger partial charge in [0.05, 0.1) is 22.7 Å². The fraction of sp³-hybridized carbons (Fsp3) is 0.500. The second kappa shape index (κ2) is 7.63. The van der Waals surface area contributed by atoms with Gasteiger partial charge in [0.2, 0.25) is 0 Å². The van der Waals surface area contributed by atoms with Crippen LogP contribution in [0.15, 0.2) is 28.9 Å². The van der Waals surface area contributed by atoms with Gasteiger partial charge in [0.1, 0.15) is 5.52 Å². The van der Waals surface area contributed by atoms with Crippen molar-refractivity contribution in [3.63, 3.8) is 0 Å². The quantitative estimate of drug-likeness (QED) is 0.611. The molecule has 0 saturated carbocycles. The Morgan fingerprint density at radius 3 is 2.88 bits per heavy atom. The number of hydrogen-bond donors (Lipinski definition) is 2. The van der Waals surface area contributed by atoms with Crippen molar-refractivity contribution in [1.29, 1.82) is 0 Å². The first-order chi connectivity index (χ1) is 12.5. The van der Waals surface area contributed by atoms with Gasteiger partial charge in [-0.25, -0.2) is 15.0 Å². The zero-order valence-corrected chi connectivity index (χ0v) is 15.4. The minimum absolute atomic E-state index is 0.0462. The van der Waals surface area contributed by atoms with Gasteiger partial charge in [-0.2, -0.15) is 0 Å². The van der Waals surface area contributed by atoms with Crippen molar-refractivity contribution >= 4 is 17.1 Å². The second-order valence-electron chi connectivity index (χ2n) is 6.93. The van der Waals surface area contributed by atoms with Gasteiger partial charge in [0, 0.05) is 31.4 Å². The van der Waals surface area contributed by atoms with E-state index in [1.54, 1.807) is 19.4 Å². The van der Waals surface area contributed by atoms with Gasteiger partial charge in [-0.3, -0.25) is 4.79 Å². The third-order valence-electron chi connectivity index (χ3n) is 4.55. The minimum atomic E-state index is -0.167. The highest BCUT2D eigenvalue weighted by atomic mass is 16.3. The molecule has 0 atom stereocenters. The molecule has 0 radical (unpaired) electrons. The number of carbonyl (C=O) groups excluding carboxylic acids is 1. The van der Waals surface area contributed by atoms with E-state index in [0.29, 0.717) is 23.1 Å². The highest BCUT2D eigenvalue weighted by molar-refractivity contribution is 6.04. The summed E-state index contributed by atoms with van der Waals surface area (Å²) in [4.78, 5) is 35.3. The summed E-state index contributed by atoms with van der Waals surface area (Å²) >= 11 is 0. The van der Waals surface area contributed by atoms with Crippen LogP contribution in [0.25, 0.3) is 11.2 Å². The van der Waals surface area contributed by atoms with Crippen LogP contribution in [0.5, 0.6) is 0 Å². The normalized spacial score (nSPS) is 14.8. The van der Waals surface area contributed by atoms with E-state index in [0.717, 1.165) is 42.6 Å². The van der Waals surface area contributed by atoms with Crippen LogP contribution in [0.4, 0.5) is 0 Å². The molecule has 0 bridgehead atoms. The molecule has 2 heterocycles. The van der Waals surface area contributed by atoms with Gasteiger partial charge in [-0.1, -0.05) is 0 Å². The molecule has 0 unspecified atom stereocenters. The Balaban J connectivity index is 1.92. The van der Waals surface area contributed by atoms with Crippen molar-refractivity contribution in [3.05, 3.63) is 39.8 Å². The second-order valence-corrected chi connectivity index (χ2v) is 6.93. The summed E-state index contributed by atoms with van der Waals surface area (Å²) in [6.07, 6.45) is 7.88. The molecule has 26 heavy (non-hydrogen) atoms. The molecule has 1 amide bonds. The summed E-state index contributed by atoms with van der Waals surface area (Å²) in [6, 6.07) is 0.0462. The lowest BCUT2D eigenvalue weighted by molar-refractivity contribution is 0.0944. The van der Waals surface area contributed by atoms with E-state index in [9.17, 15) is 9.70 Å². The predicted octanol–water partition coefficient (Wildman–Crippen LogP) is 3.08. The summed E-state index contributed by atoms with van der Waals surface area (Å²) < 4.78 is 0. The summed E-state index contributed by atoms with van der Waals surface area (Å²) in [7, 11) is 1.68. The Bertz CT molecular complexity index is 854. The summed E-state index contributed by atoms with van der Waals surface area (Å²) in [6.45, 7) is 3.83. The lowest BCUT2D eigenvalue weighted by Crippen LogP contribution is -2.30. The van der Waals surface area contributed by atoms with Crippen LogP contribution < -0.4 is 5.32 Å². The average Bonchev–Trinajstić information content (AvgIpc) is 3.04. The number of rotatable bonds is 6. The molecular weight excluding hydrogens is 332 g/mol. The number of nitroso groups, excluding NO2 is 1. The molecule has 3 rings (SSSR count). The maximum absolute atomic E-state index is 12.3. The number of nitrogens with one attached hydrogen (secondary N) is 2. The molecule has 2 N–H and O–H groups in total. The molecule has 8 nitrogen and oxygen atoms in total. The average molecular weight is 356 g/mol. The summed E-state index contributed by atoms with van der Waals surface area (Å²) in [5.74, 6) is -0.167. The Kier molecular flexibility index (Phi) is 5.29. The highest BCUT2D eigenvalue weighted by Crippen LogP contribution is 2.29. The molecule has 2 aromatic rings. The van der Waals surface area contributed by atoms with Crippen LogP contribution in [-0.2, 0) is 6.42 Å². The van der Waals surface area contributed by atoms with Crippen molar-refractivity contribution < 1.29 is 4.79 Å². The Labute approximate surface area is 152 Å². The SMILES string of the molecule is CC(C)NC(=O)c1c[nH]c2ncc(CC3=C(N(C)N=O)CCCC3)nc12. The van der Waals surface area contributed by atoms with Crippen molar-refractivity contribution in [2.24, 2.45) is 5.29 Å². The van der Waals surface area contributed by atoms with Crippen LogP contribution in [0.2, 0.25) is 0 Å². The van der Waals surface area contributed by atoms with E-state index in [1.807, 2.05) is 13.8 Å². The lowest BCUT2D eigenvalue weighted by atomic mass is 9.93. The van der Waals surface area contributed by atoms with Gasteiger partial charge < -0.3 is 10.3 Å². The molecule has 0 fully saturated rings. The van der Waals surface area contributed by atoms with Gasteiger partial charge in [-0.15, -0.1) is 4.91 Å². The number of aromatic nitrogens is 3. The van der Waals surface area contributed by atoms with Crippen LogP contribution in [0.3, 0.4) is 0 Å². The van der Waals surface area contributed by atoms with Gasteiger partial charge in [-0.05, 0) is 45.1 Å². The number of carbonyl (C=O) groups is 1. The largest absolute Gasteiger partial charge is 0.350 e. The third kappa shape index (κ3) is 3.74. The maximum Gasteiger partial charge on any atom is 0.255 e. The predicted molar refractivity (Wildman–Crippen MR) is 99.2 cm³/mol. The van der Waals surface area contributed by atoms with E-state index in [1.165, 1.54) is 5.01 Å². The Morgan fingerprint density at radius 1 is 1.38 bits per heavy atom. The number of hydrogen-bond acceptors (Lipinski definition) is 5. The fourth-order valence-corrected chi connectivity index (χ4v) is 3.33. The Morgan fingerprint density at radius 2 is 2.15 bits per heavy atom. The first-order valence-corrected chi connectivity index (χ1v) is 8.91. The molecule has 0 spiro atoms. The fourth-order valence-electron chi connectivity index (χ4n) is 3.33. The molecule has 0 aromatic carbocycles. The number of nitrogens with zero attached hydrogens (tertiary/aromatic N) is 4. The van der Waals surface area contributed by atoms with E-state index in [4.69, 9.17) is 0 Å². The molecule has 8 heteroatoms.